The number of carbonyl (C=O) groups excluding carboxylic acids is 1. The Morgan fingerprint density at radius 2 is 1.53 bits per heavy atom. The minimum absolute atomic E-state index is 0.0419. The van der Waals surface area contributed by atoms with Gasteiger partial charge in [0.2, 0.25) is 0 Å². The lowest BCUT2D eigenvalue weighted by Crippen LogP contribution is -2.38. The Balaban J connectivity index is 2.16. The van der Waals surface area contributed by atoms with Gasteiger partial charge in [-0.05, 0) is 32.4 Å². The van der Waals surface area contributed by atoms with E-state index in [0.29, 0.717) is 10.9 Å². The molecular weight excluding hydrogens is 418 g/mol. The molecule has 0 fully saturated rings. The van der Waals surface area contributed by atoms with Crippen LogP contribution in [0.5, 0.6) is 0 Å². The highest BCUT2D eigenvalue weighted by Gasteiger charge is 2.42. The molecule has 0 spiro atoms. The van der Waals surface area contributed by atoms with Crippen molar-refractivity contribution in [2.24, 2.45) is 5.92 Å². The average molecular weight is 450 g/mol. The first kappa shape index (κ1) is 24.0. The van der Waals surface area contributed by atoms with Gasteiger partial charge in [-0.25, -0.2) is 0 Å². The number of hydrogen-bond acceptors (Lipinski definition) is 3. The second-order valence-corrected chi connectivity index (χ2v) is 9.09. The second-order valence-electron chi connectivity index (χ2n) is 8.69. The molecule has 0 aliphatic carbocycles. The SMILES string of the molecule is CN[C@@H](CC(=O)OC(c1ccccc1)(c1ccc(C)cc1)c1ccccc1Cl)CC(C)C. The van der Waals surface area contributed by atoms with E-state index in [0.717, 1.165) is 28.7 Å². The van der Waals surface area contributed by atoms with Crippen LogP contribution in [0.15, 0.2) is 78.9 Å². The Hall–Kier alpha value is -2.62. The highest BCUT2D eigenvalue weighted by atomic mass is 35.5. The zero-order chi connectivity index (χ0) is 23.1. The molecule has 0 bridgehead atoms. The molecule has 0 radical (unpaired) electrons. The number of rotatable bonds is 9. The molecule has 168 valence electrons. The molecule has 3 aromatic rings. The Morgan fingerprint density at radius 1 is 0.938 bits per heavy atom. The highest BCUT2D eigenvalue weighted by Crippen LogP contribution is 2.43. The maximum atomic E-state index is 13.4. The van der Waals surface area contributed by atoms with E-state index < -0.39 is 5.60 Å². The van der Waals surface area contributed by atoms with Crippen LogP contribution in [0.3, 0.4) is 0 Å². The Morgan fingerprint density at radius 3 is 2.12 bits per heavy atom. The fraction of sp³-hybridized carbons (Fsp3) is 0.321. The first-order chi connectivity index (χ1) is 15.4. The van der Waals surface area contributed by atoms with Crippen LogP contribution in [0.25, 0.3) is 0 Å². The van der Waals surface area contributed by atoms with Crippen molar-refractivity contribution in [2.75, 3.05) is 7.05 Å². The lowest BCUT2D eigenvalue weighted by molar-refractivity contribution is -0.154. The van der Waals surface area contributed by atoms with E-state index >= 15 is 0 Å². The summed E-state index contributed by atoms with van der Waals surface area (Å²) >= 11 is 6.72. The van der Waals surface area contributed by atoms with Gasteiger partial charge in [-0.2, -0.15) is 0 Å². The topological polar surface area (TPSA) is 38.3 Å². The van der Waals surface area contributed by atoms with E-state index in [-0.39, 0.29) is 18.4 Å². The molecule has 0 heterocycles. The van der Waals surface area contributed by atoms with Crippen LogP contribution in [0, 0.1) is 12.8 Å². The fourth-order valence-electron chi connectivity index (χ4n) is 4.14. The molecule has 4 heteroatoms. The van der Waals surface area contributed by atoms with Crippen LogP contribution in [0.4, 0.5) is 0 Å². The van der Waals surface area contributed by atoms with Crippen molar-refractivity contribution in [2.45, 2.75) is 45.3 Å². The van der Waals surface area contributed by atoms with Crippen LogP contribution >= 0.6 is 11.6 Å². The molecule has 0 aliphatic heterocycles. The standard InChI is InChI=1S/C28H32ClNO2/c1-20(2)18-24(30-4)19-27(31)32-28(22-10-6-5-7-11-22,23-16-14-21(3)15-17-23)25-12-8-9-13-26(25)29/h5-17,20,24,30H,18-19H2,1-4H3/t24-,28?/m1/s1. The van der Waals surface area contributed by atoms with Crippen molar-refractivity contribution < 1.29 is 9.53 Å². The Kier molecular flexibility index (Phi) is 8.11. The zero-order valence-corrected chi connectivity index (χ0v) is 20.0. The van der Waals surface area contributed by atoms with Crippen molar-refractivity contribution in [1.82, 2.24) is 5.32 Å². The zero-order valence-electron chi connectivity index (χ0n) is 19.3. The van der Waals surface area contributed by atoms with Gasteiger partial charge < -0.3 is 10.1 Å². The Labute approximate surface area is 196 Å². The minimum Gasteiger partial charge on any atom is -0.444 e. The van der Waals surface area contributed by atoms with Crippen LogP contribution in [0.2, 0.25) is 5.02 Å². The molecule has 0 aromatic heterocycles. The van der Waals surface area contributed by atoms with Crippen LogP contribution < -0.4 is 5.32 Å². The quantitative estimate of drug-likeness (QED) is 0.299. The second kappa shape index (κ2) is 10.8. The molecule has 3 nitrogen and oxygen atoms in total. The predicted octanol–water partition coefficient (Wildman–Crippen LogP) is 6.51. The lowest BCUT2D eigenvalue weighted by atomic mass is 9.79. The summed E-state index contributed by atoms with van der Waals surface area (Å²) in [7, 11) is 1.89. The molecule has 0 aliphatic rings. The van der Waals surface area contributed by atoms with Gasteiger partial charge in [0.15, 0.2) is 5.60 Å². The van der Waals surface area contributed by atoms with Crippen molar-refractivity contribution in [1.29, 1.82) is 0 Å². The first-order valence-electron chi connectivity index (χ1n) is 11.1. The summed E-state index contributed by atoms with van der Waals surface area (Å²) in [5, 5.41) is 3.81. The molecular formula is C28H32ClNO2. The van der Waals surface area contributed by atoms with E-state index in [1.165, 1.54) is 0 Å². The van der Waals surface area contributed by atoms with Gasteiger partial charge in [0, 0.05) is 27.8 Å². The van der Waals surface area contributed by atoms with Crippen molar-refractivity contribution >= 4 is 17.6 Å². The number of nitrogens with one attached hydrogen (secondary N) is 1. The molecule has 3 aromatic carbocycles. The summed E-state index contributed by atoms with van der Waals surface area (Å²) < 4.78 is 6.47. The summed E-state index contributed by atoms with van der Waals surface area (Å²) in [4.78, 5) is 13.4. The fourth-order valence-corrected chi connectivity index (χ4v) is 4.41. The van der Waals surface area contributed by atoms with Gasteiger partial charge in [-0.1, -0.05) is 104 Å². The Bertz CT molecular complexity index is 1020. The maximum absolute atomic E-state index is 13.4. The number of carbonyl (C=O) groups is 1. The monoisotopic (exact) mass is 449 g/mol. The van der Waals surface area contributed by atoms with Crippen LogP contribution in [-0.4, -0.2) is 19.1 Å². The van der Waals surface area contributed by atoms with Crippen LogP contribution in [0.1, 0.15) is 48.9 Å². The number of benzene rings is 3. The van der Waals surface area contributed by atoms with Crippen molar-refractivity contribution in [3.05, 3.63) is 106 Å². The van der Waals surface area contributed by atoms with Gasteiger partial charge >= 0.3 is 5.97 Å². The lowest BCUT2D eigenvalue weighted by Gasteiger charge is -2.36. The summed E-state index contributed by atoms with van der Waals surface area (Å²) in [5.41, 5.74) is 2.44. The van der Waals surface area contributed by atoms with Gasteiger partial charge in [0.25, 0.3) is 0 Å². The van der Waals surface area contributed by atoms with E-state index in [9.17, 15) is 4.79 Å². The van der Waals surface area contributed by atoms with Gasteiger partial charge in [-0.15, -0.1) is 0 Å². The van der Waals surface area contributed by atoms with E-state index in [1.807, 2.05) is 92.8 Å². The number of ether oxygens (including phenoxy) is 1. The molecule has 0 saturated carbocycles. The van der Waals surface area contributed by atoms with Crippen molar-refractivity contribution in [3.63, 3.8) is 0 Å². The molecule has 0 saturated heterocycles. The summed E-state index contributed by atoms with van der Waals surface area (Å²) in [5.74, 6) is 0.203. The molecule has 32 heavy (non-hydrogen) atoms. The van der Waals surface area contributed by atoms with Gasteiger partial charge in [-0.3, -0.25) is 4.79 Å². The number of hydrogen-bond donors (Lipinski definition) is 1. The third-order valence-electron chi connectivity index (χ3n) is 5.74. The molecule has 3 rings (SSSR count). The minimum atomic E-state index is -1.15. The largest absolute Gasteiger partial charge is 0.444 e. The van der Waals surface area contributed by atoms with E-state index in [2.05, 4.69) is 19.2 Å². The summed E-state index contributed by atoms with van der Waals surface area (Å²) in [6, 6.07) is 25.6. The predicted molar refractivity (Wildman–Crippen MR) is 132 cm³/mol. The molecule has 2 atom stereocenters. The first-order valence-corrected chi connectivity index (χ1v) is 11.5. The van der Waals surface area contributed by atoms with Gasteiger partial charge in [0.1, 0.15) is 0 Å². The highest BCUT2D eigenvalue weighted by molar-refractivity contribution is 6.31. The molecule has 1 unspecified atom stereocenters. The average Bonchev–Trinajstić information content (AvgIpc) is 2.78. The van der Waals surface area contributed by atoms with E-state index in [4.69, 9.17) is 16.3 Å². The van der Waals surface area contributed by atoms with Gasteiger partial charge in [0.05, 0.1) is 6.42 Å². The number of aryl methyl sites for hydroxylation is 1. The summed E-state index contributed by atoms with van der Waals surface area (Å²) in [6.45, 7) is 6.35. The molecule has 0 amide bonds. The van der Waals surface area contributed by atoms with Crippen molar-refractivity contribution in [3.8, 4) is 0 Å². The van der Waals surface area contributed by atoms with Crippen LogP contribution in [-0.2, 0) is 15.1 Å². The maximum Gasteiger partial charge on any atom is 0.308 e. The summed E-state index contributed by atoms with van der Waals surface area (Å²) in [6.07, 6.45) is 1.17. The number of esters is 1. The third kappa shape index (κ3) is 5.40. The third-order valence-corrected chi connectivity index (χ3v) is 6.07. The normalized spacial score (nSPS) is 14.1. The molecule has 1 N–H and O–H groups in total. The smallest absolute Gasteiger partial charge is 0.308 e. The number of halogens is 1. The van der Waals surface area contributed by atoms with E-state index in [1.54, 1.807) is 0 Å².